The van der Waals surface area contributed by atoms with Crippen LogP contribution < -0.4 is 5.32 Å². The molecule has 2 aliphatic carbocycles. The van der Waals surface area contributed by atoms with E-state index in [0.29, 0.717) is 0 Å². The third-order valence-electron chi connectivity index (χ3n) is 4.65. The number of hydrogen-bond acceptors (Lipinski definition) is 1. The van der Waals surface area contributed by atoms with Gasteiger partial charge in [-0.1, -0.05) is 46.0 Å². The topological polar surface area (TPSA) is 12.0 Å². The van der Waals surface area contributed by atoms with Crippen molar-refractivity contribution >= 4 is 0 Å². The first-order valence-electron chi connectivity index (χ1n) is 7.44. The van der Waals surface area contributed by atoms with E-state index in [1.807, 2.05) is 0 Å². The minimum absolute atomic E-state index is 0.796. The van der Waals surface area contributed by atoms with Gasteiger partial charge in [-0.15, -0.1) is 0 Å². The van der Waals surface area contributed by atoms with Crippen molar-refractivity contribution in [3.8, 4) is 0 Å². The van der Waals surface area contributed by atoms with E-state index in [-0.39, 0.29) is 0 Å². The van der Waals surface area contributed by atoms with Gasteiger partial charge in [0, 0.05) is 0 Å². The minimum Gasteiger partial charge on any atom is -0.316 e. The van der Waals surface area contributed by atoms with E-state index in [1.54, 1.807) is 0 Å². The van der Waals surface area contributed by atoms with Gasteiger partial charge in [-0.25, -0.2) is 0 Å². The van der Waals surface area contributed by atoms with Crippen LogP contribution in [0.4, 0.5) is 0 Å². The largest absolute Gasteiger partial charge is 0.316 e. The number of nitrogens with one attached hydrogen (secondary N) is 1. The Labute approximate surface area is 101 Å². The summed E-state index contributed by atoms with van der Waals surface area (Å²) in [5.41, 5.74) is 0.796. The SMILES string of the molecule is CC(C)CNCC1CC12CCCCCCC2. The van der Waals surface area contributed by atoms with E-state index in [9.17, 15) is 0 Å². The van der Waals surface area contributed by atoms with Crippen molar-refractivity contribution in [3.63, 3.8) is 0 Å². The van der Waals surface area contributed by atoms with Gasteiger partial charge < -0.3 is 5.32 Å². The Hall–Kier alpha value is -0.0400. The predicted molar refractivity (Wildman–Crippen MR) is 70.6 cm³/mol. The lowest BCUT2D eigenvalue weighted by Gasteiger charge is -2.20. The van der Waals surface area contributed by atoms with E-state index in [1.165, 1.54) is 64.5 Å². The fourth-order valence-electron chi connectivity index (χ4n) is 3.49. The zero-order chi connectivity index (χ0) is 11.4. The molecule has 16 heavy (non-hydrogen) atoms. The zero-order valence-electron chi connectivity index (χ0n) is 11.2. The second-order valence-electron chi connectivity index (χ2n) is 6.58. The molecule has 94 valence electrons. The second kappa shape index (κ2) is 5.53. The van der Waals surface area contributed by atoms with Crippen molar-refractivity contribution in [2.75, 3.05) is 13.1 Å². The van der Waals surface area contributed by atoms with Crippen LogP contribution in [0.1, 0.15) is 65.2 Å². The molecule has 0 aliphatic heterocycles. The van der Waals surface area contributed by atoms with Gasteiger partial charge in [-0.2, -0.15) is 0 Å². The molecule has 0 saturated heterocycles. The zero-order valence-corrected chi connectivity index (χ0v) is 11.2. The van der Waals surface area contributed by atoms with Gasteiger partial charge in [0.05, 0.1) is 0 Å². The van der Waals surface area contributed by atoms with Crippen molar-refractivity contribution in [2.45, 2.75) is 65.2 Å². The molecule has 0 aromatic rings. The molecule has 1 N–H and O–H groups in total. The highest BCUT2D eigenvalue weighted by molar-refractivity contribution is 5.03. The Bertz CT molecular complexity index is 201. The monoisotopic (exact) mass is 223 g/mol. The maximum absolute atomic E-state index is 3.65. The smallest absolute Gasteiger partial charge is 0.00149 e. The van der Waals surface area contributed by atoms with Crippen LogP contribution in [0.3, 0.4) is 0 Å². The molecule has 2 saturated carbocycles. The molecule has 0 aromatic carbocycles. The molecule has 1 unspecified atom stereocenters. The van der Waals surface area contributed by atoms with Crippen molar-refractivity contribution in [3.05, 3.63) is 0 Å². The Morgan fingerprint density at radius 2 is 1.69 bits per heavy atom. The Balaban J connectivity index is 1.69. The van der Waals surface area contributed by atoms with Gasteiger partial charge in [0.15, 0.2) is 0 Å². The summed E-state index contributed by atoms with van der Waals surface area (Å²) in [5.74, 6) is 1.82. The van der Waals surface area contributed by atoms with Gasteiger partial charge >= 0.3 is 0 Å². The van der Waals surface area contributed by atoms with Crippen LogP contribution in [-0.4, -0.2) is 13.1 Å². The summed E-state index contributed by atoms with van der Waals surface area (Å²) in [6, 6.07) is 0. The highest BCUT2D eigenvalue weighted by Crippen LogP contribution is 2.59. The third kappa shape index (κ3) is 3.23. The lowest BCUT2D eigenvalue weighted by molar-refractivity contribution is 0.323. The molecule has 1 spiro atoms. The molecule has 1 heteroatoms. The van der Waals surface area contributed by atoms with E-state index in [4.69, 9.17) is 0 Å². The minimum atomic E-state index is 0.796. The first-order valence-corrected chi connectivity index (χ1v) is 7.44. The van der Waals surface area contributed by atoms with Crippen LogP contribution in [0.15, 0.2) is 0 Å². The van der Waals surface area contributed by atoms with E-state index >= 15 is 0 Å². The molecule has 0 heterocycles. The first kappa shape index (κ1) is 12.4. The van der Waals surface area contributed by atoms with Crippen LogP contribution in [0.2, 0.25) is 0 Å². The lowest BCUT2D eigenvalue weighted by Crippen LogP contribution is -2.24. The van der Waals surface area contributed by atoms with Crippen molar-refractivity contribution in [1.82, 2.24) is 5.32 Å². The van der Waals surface area contributed by atoms with Gasteiger partial charge in [0.25, 0.3) is 0 Å². The van der Waals surface area contributed by atoms with Crippen molar-refractivity contribution < 1.29 is 0 Å². The highest BCUT2D eigenvalue weighted by Gasteiger charge is 2.51. The van der Waals surface area contributed by atoms with Gasteiger partial charge in [-0.05, 0) is 49.6 Å². The van der Waals surface area contributed by atoms with E-state index in [0.717, 1.165) is 17.3 Å². The van der Waals surface area contributed by atoms with Crippen LogP contribution in [0.25, 0.3) is 0 Å². The van der Waals surface area contributed by atoms with Gasteiger partial charge in [0.2, 0.25) is 0 Å². The van der Waals surface area contributed by atoms with Gasteiger partial charge in [-0.3, -0.25) is 0 Å². The molecule has 0 aromatic heterocycles. The molecule has 0 amide bonds. The number of hydrogen-bond donors (Lipinski definition) is 1. The van der Waals surface area contributed by atoms with Crippen LogP contribution in [0, 0.1) is 17.3 Å². The highest BCUT2D eigenvalue weighted by atomic mass is 14.9. The van der Waals surface area contributed by atoms with Crippen LogP contribution >= 0.6 is 0 Å². The van der Waals surface area contributed by atoms with Crippen molar-refractivity contribution in [1.29, 1.82) is 0 Å². The molecule has 2 fully saturated rings. The first-order chi connectivity index (χ1) is 7.73. The Morgan fingerprint density at radius 1 is 1.06 bits per heavy atom. The molecular weight excluding hydrogens is 194 g/mol. The summed E-state index contributed by atoms with van der Waals surface area (Å²) in [6.45, 7) is 7.09. The average Bonchev–Trinajstić information content (AvgIpc) is 2.87. The number of rotatable bonds is 4. The summed E-state index contributed by atoms with van der Waals surface area (Å²) in [4.78, 5) is 0. The maximum atomic E-state index is 3.65. The van der Waals surface area contributed by atoms with Crippen LogP contribution in [-0.2, 0) is 0 Å². The molecule has 2 aliphatic rings. The lowest BCUT2D eigenvalue weighted by atomic mass is 9.86. The summed E-state index contributed by atoms with van der Waals surface area (Å²) in [6.07, 6.45) is 12.1. The normalized spacial score (nSPS) is 29.1. The molecule has 2 rings (SSSR count). The van der Waals surface area contributed by atoms with Gasteiger partial charge in [0.1, 0.15) is 0 Å². The Kier molecular flexibility index (Phi) is 4.29. The standard InChI is InChI=1S/C15H29N/c1-13(2)11-16-12-14-10-15(14)8-6-4-3-5-7-9-15/h13-14,16H,3-12H2,1-2H3. The Morgan fingerprint density at radius 3 is 2.31 bits per heavy atom. The molecular formula is C15H29N. The molecule has 0 bridgehead atoms. The second-order valence-corrected chi connectivity index (χ2v) is 6.58. The summed E-state index contributed by atoms with van der Waals surface area (Å²) < 4.78 is 0. The third-order valence-corrected chi connectivity index (χ3v) is 4.65. The summed E-state index contributed by atoms with van der Waals surface area (Å²) in [7, 11) is 0. The van der Waals surface area contributed by atoms with E-state index in [2.05, 4.69) is 19.2 Å². The quantitative estimate of drug-likeness (QED) is 0.760. The molecule has 1 nitrogen and oxygen atoms in total. The molecule has 1 atom stereocenters. The maximum Gasteiger partial charge on any atom is -0.00149 e. The summed E-state index contributed by atoms with van der Waals surface area (Å²) >= 11 is 0. The van der Waals surface area contributed by atoms with Crippen LogP contribution in [0.5, 0.6) is 0 Å². The molecule has 0 radical (unpaired) electrons. The average molecular weight is 223 g/mol. The van der Waals surface area contributed by atoms with Crippen molar-refractivity contribution in [2.24, 2.45) is 17.3 Å². The predicted octanol–water partition coefficient (Wildman–Crippen LogP) is 3.98. The summed E-state index contributed by atoms with van der Waals surface area (Å²) in [5, 5.41) is 3.65. The van der Waals surface area contributed by atoms with E-state index < -0.39 is 0 Å². The fraction of sp³-hybridized carbons (Fsp3) is 1.00. The fourth-order valence-corrected chi connectivity index (χ4v) is 3.49.